The van der Waals surface area contributed by atoms with Crippen molar-refractivity contribution in [1.82, 2.24) is 5.32 Å². The molecule has 0 aromatic rings. The van der Waals surface area contributed by atoms with Gasteiger partial charge in [0.2, 0.25) is 0 Å². The van der Waals surface area contributed by atoms with Crippen LogP contribution >= 0.6 is 11.8 Å². The molecule has 19 heavy (non-hydrogen) atoms. The molecule has 1 aliphatic carbocycles. The van der Waals surface area contributed by atoms with Gasteiger partial charge in [-0.15, -0.1) is 0 Å². The summed E-state index contributed by atoms with van der Waals surface area (Å²) in [6, 6.07) is 1.50. The molecule has 3 atom stereocenters. The van der Waals surface area contributed by atoms with Crippen molar-refractivity contribution in [3.63, 3.8) is 0 Å². The van der Waals surface area contributed by atoms with Crippen molar-refractivity contribution in [2.24, 2.45) is 11.8 Å². The molecule has 2 heterocycles. The molecule has 2 aliphatic heterocycles. The smallest absolute Gasteiger partial charge is 0.0701 e. The van der Waals surface area contributed by atoms with Gasteiger partial charge in [0.05, 0.1) is 5.60 Å². The first kappa shape index (κ1) is 14.2. The minimum Gasteiger partial charge on any atom is -0.375 e. The van der Waals surface area contributed by atoms with Gasteiger partial charge in [-0.1, -0.05) is 6.92 Å². The van der Waals surface area contributed by atoms with E-state index >= 15 is 0 Å². The molecule has 3 rings (SSSR count). The van der Waals surface area contributed by atoms with Crippen LogP contribution in [0.2, 0.25) is 0 Å². The number of hydrogen-bond donors (Lipinski definition) is 1. The Morgan fingerprint density at radius 1 is 1.16 bits per heavy atom. The van der Waals surface area contributed by atoms with Crippen molar-refractivity contribution in [3.05, 3.63) is 0 Å². The quantitative estimate of drug-likeness (QED) is 0.854. The first-order chi connectivity index (χ1) is 9.19. The van der Waals surface area contributed by atoms with E-state index in [1.807, 2.05) is 0 Å². The topological polar surface area (TPSA) is 21.3 Å². The van der Waals surface area contributed by atoms with Crippen LogP contribution in [-0.4, -0.2) is 35.8 Å². The van der Waals surface area contributed by atoms with Gasteiger partial charge >= 0.3 is 0 Å². The van der Waals surface area contributed by atoms with Crippen molar-refractivity contribution in [2.45, 2.75) is 70.1 Å². The standard InChI is InChI=1S/C16H29NOS/c1-12(13(2)17-15-3-4-15)14-5-8-18-16(11-14)6-9-19-10-7-16/h12-15,17H,3-11H2,1-2H3. The maximum atomic E-state index is 6.23. The zero-order chi connectivity index (χ0) is 13.3. The Morgan fingerprint density at radius 2 is 1.89 bits per heavy atom. The van der Waals surface area contributed by atoms with Crippen molar-refractivity contribution < 1.29 is 4.74 Å². The van der Waals surface area contributed by atoms with Gasteiger partial charge in [0.15, 0.2) is 0 Å². The fourth-order valence-electron chi connectivity index (χ4n) is 3.79. The summed E-state index contributed by atoms with van der Waals surface area (Å²) in [5.74, 6) is 4.25. The molecule has 3 unspecified atom stereocenters. The number of nitrogens with one attached hydrogen (secondary N) is 1. The first-order valence-corrected chi connectivity index (χ1v) is 9.32. The van der Waals surface area contributed by atoms with Gasteiger partial charge in [-0.3, -0.25) is 0 Å². The van der Waals surface area contributed by atoms with Gasteiger partial charge < -0.3 is 10.1 Å². The molecule has 0 aromatic heterocycles. The summed E-state index contributed by atoms with van der Waals surface area (Å²) < 4.78 is 6.23. The Balaban J connectivity index is 1.56. The summed E-state index contributed by atoms with van der Waals surface area (Å²) in [6.07, 6.45) is 7.94. The van der Waals surface area contributed by atoms with E-state index in [9.17, 15) is 0 Å². The predicted octanol–water partition coefficient (Wildman–Crippen LogP) is 3.46. The monoisotopic (exact) mass is 283 g/mol. The van der Waals surface area contributed by atoms with E-state index in [2.05, 4.69) is 30.9 Å². The van der Waals surface area contributed by atoms with Gasteiger partial charge in [0, 0.05) is 18.7 Å². The lowest BCUT2D eigenvalue weighted by Gasteiger charge is -2.45. The average Bonchev–Trinajstić information content (AvgIpc) is 3.23. The predicted molar refractivity (Wildman–Crippen MR) is 82.7 cm³/mol. The number of thioether (sulfide) groups is 1. The molecule has 3 heteroatoms. The third kappa shape index (κ3) is 3.48. The lowest BCUT2D eigenvalue weighted by molar-refractivity contribution is -0.111. The average molecular weight is 283 g/mol. The van der Waals surface area contributed by atoms with Crippen molar-refractivity contribution in [3.8, 4) is 0 Å². The van der Waals surface area contributed by atoms with E-state index in [-0.39, 0.29) is 5.60 Å². The molecular weight excluding hydrogens is 254 g/mol. The molecule has 0 amide bonds. The Bertz CT molecular complexity index is 294. The molecule has 110 valence electrons. The van der Waals surface area contributed by atoms with Crippen molar-refractivity contribution in [2.75, 3.05) is 18.1 Å². The summed E-state index contributed by atoms with van der Waals surface area (Å²) in [6.45, 7) is 5.85. The van der Waals surface area contributed by atoms with Crippen LogP contribution in [0.1, 0.15) is 52.4 Å². The molecule has 3 aliphatic rings. The molecule has 0 radical (unpaired) electrons. The van der Waals surface area contributed by atoms with E-state index in [0.29, 0.717) is 6.04 Å². The van der Waals surface area contributed by atoms with Crippen LogP contribution in [0.3, 0.4) is 0 Å². The third-order valence-corrected chi connectivity index (χ3v) is 6.53. The van der Waals surface area contributed by atoms with Crippen LogP contribution in [0.15, 0.2) is 0 Å². The summed E-state index contributed by atoms with van der Waals surface area (Å²) >= 11 is 2.10. The summed E-state index contributed by atoms with van der Waals surface area (Å²) in [5, 5.41) is 3.80. The van der Waals surface area contributed by atoms with E-state index in [1.165, 1.54) is 50.0 Å². The van der Waals surface area contributed by atoms with Crippen LogP contribution in [-0.2, 0) is 4.74 Å². The summed E-state index contributed by atoms with van der Waals surface area (Å²) in [5.41, 5.74) is 0.252. The largest absolute Gasteiger partial charge is 0.375 e. The molecule has 3 fully saturated rings. The highest BCUT2D eigenvalue weighted by molar-refractivity contribution is 7.99. The van der Waals surface area contributed by atoms with E-state index < -0.39 is 0 Å². The van der Waals surface area contributed by atoms with E-state index in [4.69, 9.17) is 4.74 Å². The minimum atomic E-state index is 0.252. The number of ether oxygens (including phenoxy) is 1. The van der Waals surface area contributed by atoms with Crippen molar-refractivity contribution in [1.29, 1.82) is 0 Å². The minimum absolute atomic E-state index is 0.252. The second-order valence-electron chi connectivity index (χ2n) is 6.99. The van der Waals surface area contributed by atoms with Crippen LogP contribution in [0.25, 0.3) is 0 Å². The van der Waals surface area contributed by atoms with Gasteiger partial charge in [-0.2, -0.15) is 11.8 Å². The fraction of sp³-hybridized carbons (Fsp3) is 1.00. The van der Waals surface area contributed by atoms with E-state index in [1.54, 1.807) is 0 Å². The molecule has 0 bridgehead atoms. The van der Waals surface area contributed by atoms with Gasteiger partial charge in [0.1, 0.15) is 0 Å². The lowest BCUT2D eigenvalue weighted by Crippen LogP contribution is -2.47. The normalized spacial score (nSPS) is 34.1. The SMILES string of the molecule is CC(NC1CC1)C(C)C1CCOC2(CCSCC2)C1. The molecule has 1 saturated carbocycles. The number of rotatable bonds is 4. The van der Waals surface area contributed by atoms with Gasteiger partial charge in [-0.05, 0) is 68.8 Å². The zero-order valence-corrected chi connectivity index (χ0v) is 13.3. The highest BCUT2D eigenvalue weighted by atomic mass is 32.2. The van der Waals surface area contributed by atoms with Crippen LogP contribution in [0.4, 0.5) is 0 Å². The Kier molecular flexibility index (Phi) is 4.45. The maximum absolute atomic E-state index is 6.23. The maximum Gasteiger partial charge on any atom is 0.0701 e. The van der Waals surface area contributed by atoms with Crippen LogP contribution in [0, 0.1) is 11.8 Å². The molecule has 2 nitrogen and oxygen atoms in total. The van der Waals surface area contributed by atoms with Crippen LogP contribution < -0.4 is 5.32 Å². The third-order valence-electron chi connectivity index (χ3n) is 5.54. The van der Waals surface area contributed by atoms with Crippen molar-refractivity contribution >= 4 is 11.8 Å². The molecule has 1 spiro atoms. The van der Waals surface area contributed by atoms with Crippen LogP contribution in [0.5, 0.6) is 0 Å². The molecule has 1 N–H and O–H groups in total. The second kappa shape index (κ2) is 5.95. The number of hydrogen-bond acceptors (Lipinski definition) is 3. The Morgan fingerprint density at radius 3 is 2.58 bits per heavy atom. The molecule has 0 aromatic carbocycles. The van der Waals surface area contributed by atoms with E-state index in [0.717, 1.165) is 24.5 Å². The zero-order valence-electron chi connectivity index (χ0n) is 12.5. The lowest BCUT2D eigenvalue weighted by atomic mass is 9.74. The fourth-order valence-corrected chi connectivity index (χ4v) is 5.02. The van der Waals surface area contributed by atoms with Gasteiger partial charge in [-0.25, -0.2) is 0 Å². The highest BCUT2D eigenvalue weighted by Crippen LogP contribution is 2.42. The first-order valence-electron chi connectivity index (χ1n) is 8.16. The Hall–Kier alpha value is 0.270. The summed E-state index contributed by atoms with van der Waals surface area (Å²) in [4.78, 5) is 0. The Labute approximate surface area is 122 Å². The highest BCUT2D eigenvalue weighted by Gasteiger charge is 2.41. The summed E-state index contributed by atoms with van der Waals surface area (Å²) in [7, 11) is 0. The second-order valence-corrected chi connectivity index (χ2v) is 8.21. The molecule has 2 saturated heterocycles. The molecular formula is C16H29NOS. The van der Waals surface area contributed by atoms with Gasteiger partial charge in [0.25, 0.3) is 0 Å².